The third-order valence-corrected chi connectivity index (χ3v) is 3.76. The van der Waals surface area contributed by atoms with Crippen molar-refractivity contribution >= 4 is 5.91 Å². The Kier molecular flexibility index (Phi) is 3.70. The third kappa shape index (κ3) is 2.86. The van der Waals surface area contributed by atoms with Crippen LogP contribution in [0.4, 0.5) is 0 Å². The molecule has 0 atom stereocenters. The Morgan fingerprint density at radius 2 is 1.58 bits per heavy atom. The number of amides is 1. The SMILES string of the molecule is O=C(c1ccc2c(c1)OCO2)N(Cc1ccco1)Cc1ccco1. The molecule has 6 nitrogen and oxygen atoms in total. The van der Waals surface area contributed by atoms with Gasteiger partial charge in [0.05, 0.1) is 25.6 Å². The van der Waals surface area contributed by atoms with Crippen molar-refractivity contribution in [2.75, 3.05) is 6.79 Å². The van der Waals surface area contributed by atoms with Crippen molar-refractivity contribution in [1.29, 1.82) is 0 Å². The molecule has 0 N–H and O–H groups in total. The molecule has 0 aliphatic carbocycles. The van der Waals surface area contributed by atoms with E-state index in [-0.39, 0.29) is 12.7 Å². The first-order valence-corrected chi connectivity index (χ1v) is 7.53. The molecule has 0 unspecified atom stereocenters. The Balaban J connectivity index is 1.60. The maximum Gasteiger partial charge on any atom is 0.254 e. The minimum Gasteiger partial charge on any atom is -0.467 e. The van der Waals surface area contributed by atoms with Crippen molar-refractivity contribution in [3.8, 4) is 11.5 Å². The molecular weight excluding hydrogens is 310 g/mol. The van der Waals surface area contributed by atoms with E-state index < -0.39 is 0 Å². The lowest BCUT2D eigenvalue weighted by atomic mass is 10.1. The highest BCUT2D eigenvalue weighted by Gasteiger charge is 2.22. The van der Waals surface area contributed by atoms with Crippen LogP contribution in [0.25, 0.3) is 0 Å². The molecule has 1 aliphatic rings. The van der Waals surface area contributed by atoms with E-state index in [0.717, 1.165) is 0 Å². The van der Waals surface area contributed by atoms with Crippen molar-refractivity contribution in [3.05, 3.63) is 72.1 Å². The molecule has 0 saturated carbocycles. The Morgan fingerprint density at radius 3 is 2.21 bits per heavy atom. The molecule has 0 saturated heterocycles. The average Bonchev–Trinajstić information content (AvgIpc) is 3.35. The van der Waals surface area contributed by atoms with Gasteiger partial charge in [0.15, 0.2) is 11.5 Å². The smallest absolute Gasteiger partial charge is 0.254 e. The summed E-state index contributed by atoms with van der Waals surface area (Å²) in [5.74, 6) is 2.50. The van der Waals surface area contributed by atoms with E-state index >= 15 is 0 Å². The zero-order valence-corrected chi connectivity index (χ0v) is 12.8. The van der Waals surface area contributed by atoms with E-state index in [2.05, 4.69) is 0 Å². The lowest BCUT2D eigenvalue weighted by molar-refractivity contribution is 0.0704. The minimum atomic E-state index is -0.138. The summed E-state index contributed by atoms with van der Waals surface area (Å²) in [6.45, 7) is 0.872. The number of nitrogens with zero attached hydrogens (tertiary/aromatic N) is 1. The topological polar surface area (TPSA) is 65.1 Å². The molecule has 1 amide bonds. The second-order valence-electron chi connectivity index (χ2n) is 5.39. The van der Waals surface area contributed by atoms with Crippen molar-refractivity contribution < 1.29 is 23.1 Å². The van der Waals surface area contributed by atoms with Gasteiger partial charge in [0.2, 0.25) is 6.79 Å². The van der Waals surface area contributed by atoms with Crippen LogP contribution in [0.2, 0.25) is 0 Å². The summed E-state index contributed by atoms with van der Waals surface area (Å²) >= 11 is 0. The minimum absolute atomic E-state index is 0.138. The van der Waals surface area contributed by atoms with Crippen LogP contribution in [-0.4, -0.2) is 17.6 Å². The molecule has 2 aromatic heterocycles. The summed E-state index contributed by atoms with van der Waals surface area (Å²) in [7, 11) is 0. The van der Waals surface area contributed by atoms with Crippen molar-refractivity contribution in [2.45, 2.75) is 13.1 Å². The van der Waals surface area contributed by atoms with Gasteiger partial charge in [-0.1, -0.05) is 0 Å². The molecule has 0 radical (unpaired) electrons. The van der Waals surface area contributed by atoms with Gasteiger partial charge in [-0.3, -0.25) is 4.79 Å². The fourth-order valence-corrected chi connectivity index (χ4v) is 2.59. The van der Waals surface area contributed by atoms with Gasteiger partial charge in [0.25, 0.3) is 5.91 Å². The summed E-state index contributed by atoms with van der Waals surface area (Å²) in [6, 6.07) is 12.4. The highest BCUT2D eigenvalue weighted by Crippen LogP contribution is 2.33. The lowest BCUT2D eigenvalue weighted by Crippen LogP contribution is -2.29. The second kappa shape index (κ2) is 6.16. The number of fused-ring (bicyclic) bond motifs is 1. The first-order valence-electron chi connectivity index (χ1n) is 7.53. The van der Waals surface area contributed by atoms with E-state index in [1.807, 2.05) is 12.1 Å². The molecule has 3 aromatic rings. The molecule has 3 heterocycles. The standard InChI is InChI=1S/C18H15NO5/c20-18(13-5-6-16-17(9-13)24-12-23-16)19(10-14-3-1-7-21-14)11-15-4-2-8-22-15/h1-9H,10-12H2. The number of carbonyl (C=O) groups excluding carboxylic acids is 1. The molecule has 1 aliphatic heterocycles. The maximum atomic E-state index is 12.9. The molecule has 24 heavy (non-hydrogen) atoms. The van der Waals surface area contributed by atoms with Crippen LogP contribution in [-0.2, 0) is 13.1 Å². The largest absolute Gasteiger partial charge is 0.467 e. The van der Waals surface area contributed by atoms with Crippen LogP contribution in [0.1, 0.15) is 21.9 Å². The Labute approximate surface area is 138 Å². The molecule has 1 aromatic carbocycles. The predicted octanol–water partition coefficient (Wildman–Crippen LogP) is 3.44. The van der Waals surface area contributed by atoms with E-state index in [4.69, 9.17) is 18.3 Å². The summed E-state index contributed by atoms with van der Waals surface area (Å²) in [4.78, 5) is 14.6. The van der Waals surface area contributed by atoms with Crippen LogP contribution >= 0.6 is 0 Å². The van der Waals surface area contributed by atoms with Gasteiger partial charge in [-0.05, 0) is 42.5 Å². The van der Waals surface area contributed by atoms with Gasteiger partial charge in [-0.25, -0.2) is 0 Å². The van der Waals surface area contributed by atoms with Gasteiger partial charge >= 0.3 is 0 Å². The number of benzene rings is 1. The fraction of sp³-hybridized carbons (Fsp3) is 0.167. The number of carbonyl (C=O) groups is 1. The molecule has 0 fully saturated rings. The molecule has 4 rings (SSSR count). The van der Waals surface area contributed by atoms with Gasteiger partial charge in [0, 0.05) is 5.56 Å². The molecular formula is C18H15NO5. The molecule has 6 heteroatoms. The van der Waals surface area contributed by atoms with Crippen molar-refractivity contribution in [1.82, 2.24) is 4.90 Å². The summed E-state index contributed by atoms with van der Waals surface area (Å²) in [5.41, 5.74) is 0.525. The monoisotopic (exact) mass is 325 g/mol. The van der Waals surface area contributed by atoms with E-state index in [1.54, 1.807) is 47.8 Å². The molecule has 0 bridgehead atoms. The Bertz CT molecular complexity index is 787. The summed E-state index contributed by atoms with van der Waals surface area (Å²) < 4.78 is 21.4. The quantitative estimate of drug-likeness (QED) is 0.719. The van der Waals surface area contributed by atoms with Crippen LogP contribution in [0, 0.1) is 0 Å². The zero-order valence-electron chi connectivity index (χ0n) is 12.8. The van der Waals surface area contributed by atoms with Crippen LogP contribution in [0.15, 0.2) is 63.8 Å². The number of hydrogen-bond donors (Lipinski definition) is 0. The highest BCUT2D eigenvalue weighted by molar-refractivity contribution is 5.94. The van der Waals surface area contributed by atoms with Gasteiger partial charge in [0.1, 0.15) is 11.5 Å². The van der Waals surface area contributed by atoms with Crippen LogP contribution < -0.4 is 9.47 Å². The van der Waals surface area contributed by atoms with E-state index in [9.17, 15) is 4.79 Å². The molecule has 0 spiro atoms. The maximum absolute atomic E-state index is 12.9. The number of hydrogen-bond acceptors (Lipinski definition) is 5. The Morgan fingerprint density at radius 1 is 0.917 bits per heavy atom. The van der Waals surface area contributed by atoms with Gasteiger partial charge in [-0.15, -0.1) is 0 Å². The fourth-order valence-electron chi connectivity index (χ4n) is 2.59. The molecule has 122 valence electrons. The van der Waals surface area contributed by atoms with E-state index in [1.165, 1.54) is 0 Å². The van der Waals surface area contributed by atoms with Crippen molar-refractivity contribution in [2.24, 2.45) is 0 Å². The number of ether oxygens (including phenoxy) is 2. The summed E-state index contributed by atoms with van der Waals surface area (Å²) in [6.07, 6.45) is 3.18. The van der Waals surface area contributed by atoms with Crippen molar-refractivity contribution in [3.63, 3.8) is 0 Å². The number of furan rings is 2. The second-order valence-corrected chi connectivity index (χ2v) is 5.39. The van der Waals surface area contributed by atoms with Crippen LogP contribution in [0.3, 0.4) is 0 Å². The first kappa shape index (κ1) is 14.4. The zero-order chi connectivity index (χ0) is 16.4. The average molecular weight is 325 g/mol. The van der Waals surface area contributed by atoms with E-state index in [0.29, 0.717) is 41.7 Å². The Hall–Kier alpha value is -3.15. The lowest BCUT2D eigenvalue weighted by Gasteiger charge is -2.20. The predicted molar refractivity (Wildman–Crippen MR) is 83.6 cm³/mol. The summed E-state index contributed by atoms with van der Waals surface area (Å²) in [5, 5.41) is 0. The van der Waals surface area contributed by atoms with Crippen LogP contribution in [0.5, 0.6) is 11.5 Å². The number of rotatable bonds is 5. The third-order valence-electron chi connectivity index (χ3n) is 3.76. The van der Waals surface area contributed by atoms with Gasteiger partial charge in [-0.2, -0.15) is 0 Å². The van der Waals surface area contributed by atoms with Gasteiger partial charge < -0.3 is 23.2 Å². The first-order chi connectivity index (χ1) is 11.8. The highest BCUT2D eigenvalue weighted by atomic mass is 16.7. The normalized spacial score (nSPS) is 12.3.